The van der Waals surface area contributed by atoms with Crippen LogP contribution in [-0.4, -0.2) is 44.7 Å². The van der Waals surface area contributed by atoms with Gasteiger partial charge in [-0.15, -0.1) is 0 Å². The number of hydrogen-bond donors (Lipinski definition) is 2. The smallest absolute Gasteiger partial charge is 0.409 e. The van der Waals surface area contributed by atoms with E-state index < -0.39 is 12.1 Å². The third-order valence-electron chi connectivity index (χ3n) is 6.58. The lowest BCUT2D eigenvalue weighted by Gasteiger charge is -2.57. The van der Waals surface area contributed by atoms with Crippen molar-refractivity contribution in [2.24, 2.45) is 11.1 Å². The number of amides is 2. The molecule has 0 bridgehead atoms. The normalized spacial score (nSPS) is 23.7. The first-order chi connectivity index (χ1) is 16.6. The highest BCUT2D eigenvalue weighted by atomic mass is 19.4. The second-order valence-corrected chi connectivity index (χ2v) is 9.17. The molecule has 3 aromatic heterocycles. The number of pyridine rings is 2. The number of nitrogens with one attached hydrogen (secondary N) is 1. The van der Waals surface area contributed by atoms with Crippen molar-refractivity contribution in [2.45, 2.75) is 44.0 Å². The molecule has 182 valence electrons. The second kappa shape index (κ2) is 8.40. The van der Waals surface area contributed by atoms with Crippen molar-refractivity contribution < 1.29 is 27.5 Å². The Labute approximate surface area is 198 Å². The van der Waals surface area contributed by atoms with Crippen LogP contribution in [-0.2, 0) is 0 Å². The number of allylic oxidation sites excluding steroid dienone is 1. The maximum Gasteiger partial charge on any atom is 0.409 e. The van der Waals surface area contributed by atoms with Crippen LogP contribution in [0.5, 0.6) is 5.88 Å². The third-order valence-corrected chi connectivity index (χ3v) is 6.58. The number of halogens is 3. The molecule has 0 atom stereocenters. The van der Waals surface area contributed by atoms with Crippen molar-refractivity contribution in [2.75, 3.05) is 0 Å². The molecule has 0 aliphatic heterocycles. The molecule has 2 fully saturated rings. The molecular weight excluding hydrogens is 463 g/mol. The number of carbonyl (C=O) groups excluding carboxylic acids is 2. The number of fused-ring (bicyclic) bond motifs is 1. The number of alkyl halides is 3. The SMILES string of the molecule is NC(=O)c1cccnc1OC1CC2(CC(NC(=O)c3cnn4cc(/C=C/C(F)(F)F)ccc34)C2)C1. The maximum absolute atomic E-state index is 12.8. The summed E-state index contributed by atoms with van der Waals surface area (Å²) in [5.41, 5.74) is 6.92. The Morgan fingerprint density at radius 1 is 1.17 bits per heavy atom. The molecule has 8 nitrogen and oxygen atoms in total. The molecule has 2 aliphatic carbocycles. The molecule has 1 spiro atoms. The molecule has 0 saturated heterocycles. The Bertz CT molecular complexity index is 1320. The van der Waals surface area contributed by atoms with Gasteiger partial charge in [0.25, 0.3) is 11.8 Å². The molecule has 2 aliphatic rings. The van der Waals surface area contributed by atoms with Crippen molar-refractivity contribution in [1.29, 1.82) is 0 Å². The van der Waals surface area contributed by atoms with Crippen LogP contribution in [0.3, 0.4) is 0 Å². The average Bonchev–Trinajstić information content (AvgIpc) is 3.17. The zero-order chi connectivity index (χ0) is 24.8. The van der Waals surface area contributed by atoms with Crippen molar-refractivity contribution >= 4 is 23.4 Å². The van der Waals surface area contributed by atoms with E-state index in [2.05, 4.69) is 15.4 Å². The monoisotopic (exact) mass is 485 g/mol. The topological polar surface area (TPSA) is 112 Å². The molecule has 3 heterocycles. The van der Waals surface area contributed by atoms with Crippen LogP contribution in [0.2, 0.25) is 0 Å². The van der Waals surface area contributed by atoms with Crippen LogP contribution in [0.1, 0.15) is 52.0 Å². The van der Waals surface area contributed by atoms with Crippen LogP contribution in [0, 0.1) is 5.41 Å². The van der Waals surface area contributed by atoms with E-state index in [4.69, 9.17) is 10.5 Å². The minimum absolute atomic E-state index is 0.0171. The van der Waals surface area contributed by atoms with Crippen LogP contribution >= 0.6 is 0 Å². The highest BCUT2D eigenvalue weighted by molar-refractivity contribution is 6.00. The van der Waals surface area contributed by atoms with Gasteiger partial charge in [0.1, 0.15) is 11.7 Å². The first kappa shape index (κ1) is 22.9. The maximum atomic E-state index is 12.8. The fraction of sp³-hybridized carbons (Fsp3) is 0.333. The molecular formula is C24H22F3N5O3. The highest BCUT2D eigenvalue weighted by Crippen LogP contribution is 2.56. The summed E-state index contributed by atoms with van der Waals surface area (Å²) < 4.78 is 44.4. The first-order valence-electron chi connectivity index (χ1n) is 11.1. The molecule has 0 radical (unpaired) electrons. The van der Waals surface area contributed by atoms with Gasteiger partial charge in [0.05, 0.1) is 17.3 Å². The Morgan fingerprint density at radius 2 is 1.94 bits per heavy atom. The van der Waals surface area contributed by atoms with Crippen molar-refractivity contribution in [1.82, 2.24) is 19.9 Å². The molecule has 0 unspecified atom stereocenters. The lowest BCUT2D eigenvalue weighted by molar-refractivity contribution is -0.0848. The molecule has 35 heavy (non-hydrogen) atoms. The van der Waals surface area contributed by atoms with Crippen LogP contribution in [0.25, 0.3) is 11.6 Å². The van der Waals surface area contributed by atoms with Crippen molar-refractivity contribution in [3.8, 4) is 5.88 Å². The number of nitrogens with zero attached hydrogens (tertiary/aromatic N) is 3. The zero-order valence-corrected chi connectivity index (χ0v) is 18.5. The van der Waals surface area contributed by atoms with Gasteiger partial charge < -0.3 is 15.8 Å². The zero-order valence-electron chi connectivity index (χ0n) is 18.5. The van der Waals surface area contributed by atoms with Crippen LogP contribution < -0.4 is 15.8 Å². The van der Waals surface area contributed by atoms with Gasteiger partial charge in [-0.05, 0) is 60.9 Å². The van der Waals surface area contributed by atoms with E-state index >= 15 is 0 Å². The number of ether oxygens (including phenoxy) is 1. The summed E-state index contributed by atoms with van der Waals surface area (Å²) in [4.78, 5) is 28.4. The summed E-state index contributed by atoms with van der Waals surface area (Å²) in [7, 11) is 0. The number of carbonyl (C=O) groups is 2. The predicted molar refractivity (Wildman–Crippen MR) is 120 cm³/mol. The fourth-order valence-corrected chi connectivity index (χ4v) is 4.97. The number of primary amides is 1. The lowest BCUT2D eigenvalue weighted by Crippen LogP contribution is -2.58. The Balaban J connectivity index is 1.15. The predicted octanol–water partition coefficient (Wildman–Crippen LogP) is 3.52. The number of rotatable bonds is 6. The minimum atomic E-state index is -4.40. The Hall–Kier alpha value is -3.89. The molecule has 2 amide bonds. The number of aromatic nitrogens is 3. The fourth-order valence-electron chi connectivity index (χ4n) is 4.97. The summed E-state index contributed by atoms with van der Waals surface area (Å²) in [5, 5.41) is 7.12. The Morgan fingerprint density at radius 3 is 2.66 bits per heavy atom. The lowest BCUT2D eigenvalue weighted by atomic mass is 9.53. The van der Waals surface area contributed by atoms with Gasteiger partial charge in [-0.25, -0.2) is 9.50 Å². The molecule has 2 saturated carbocycles. The summed E-state index contributed by atoms with van der Waals surface area (Å²) in [6.45, 7) is 0. The van der Waals surface area contributed by atoms with Gasteiger partial charge in [0, 0.05) is 24.5 Å². The van der Waals surface area contributed by atoms with E-state index in [9.17, 15) is 22.8 Å². The third kappa shape index (κ3) is 4.71. The van der Waals surface area contributed by atoms with E-state index in [1.165, 1.54) is 23.0 Å². The number of nitrogens with two attached hydrogens (primary N) is 1. The van der Waals surface area contributed by atoms with E-state index in [0.29, 0.717) is 16.6 Å². The quantitative estimate of drug-likeness (QED) is 0.555. The first-order valence-corrected chi connectivity index (χ1v) is 11.1. The average molecular weight is 485 g/mol. The van der Waals surface area contributed by atoms with Gasteiger partial charge in [-0.3, -0.25) is 9.59 Å². The summed E-state index contributed by atoms with van der Waals surface area (Å²) in [5.74, 6) is -0.616. The second-order valence-electron chi connectivity index (χ2n) is 9.17. The minimum Gasteiger partial charge on any atom is -0.474 e. The summed E-state index contributed by atoms with van der Waals surface area (Å²) in [6, 6.07) is 6.31. The van der Waals surface area contributed by atoms with E-state index in [-0.39, 0.29) is 41.0 Å². The molecule has 5 rings (SSSR count). The largest absolute Gasteiger partial charge is 0.474 e. The standard InChI is InChI=1S/C24H22F3N5O3/c25-24(26,27)6-5-14-3-4-19-18(12-30-32(19)13-14)21(34)31-15-8-23(9-15)10-16(11-23)35-22-17(20(28)33)2-1-7-29-22/h1-7,12-13,15-16H,8-11H2,(H2,28,33)(H,31,34)/b6-5+. The molecule has 11 heteroatoms. The summed E-state index contributed by atoms with van der Waals surface area (Å²) in [6.07, 6.45) is 4.28. The van der Waals surface area contributed by atoms with Gasteiger partial charge in [0.2, 0.25) is 5.88 Å². The van der Waals surface area contributed by atoms with Gasteiger partial charge >= 0.3 is 6.18 Å². The van der Waals surface area contributed by atoms with Crippen LogP contribution in [0.4, 0.5) is 13.2 Å². The Kier molecular flexibility index (Phi) is 5.49. The van der Waals surface area contributed by atoms with E-state index in [1.54, 1.807) is 24.4 Å². The van der Waals surface area contributed by atoms with Gasteiger partial charge in [-0.1, -0.05) is 6.07 Å². The molecule has 3 N–H and O–H groups in total. The van der Waals surface area contributed by atoms with Gasteiger partial charge in [0.15, 0.2) is 0 Å². The van der Waals surface area contributed by atoms with Gasteiger partial charge in [-0.2, -0.15) is 18.3 Å². The van der Waals surface area contributed by atoms with Crippen molar-refractivity contribution in [3.63, 3.8) is 0 Å². The number of hydrogen-bond acceptors (Lipinski definition) is 5. The highest BCUT2D eigenvalue weighted by Gasteiger charge is 2.54. The molecule has 0 aromatic carbocycles. The molecule has 3 aromatic rings. The van der Waals surface area contributed by atoms with Crippen molar-refractivity contribution in [3.05, 3.63) is 65.6 Å². The van der Waals surface area contributed by atoms with Crippen LogP contribution in [0.15, 0.2) is 48.9 Å². The van der Waals surface area contributed by atoms with E-state index in [1.807, 2.05) is 0 Å². The summed E-state index contributed by atoms with van der Waals surface area (Å²) >= 11 is 0. The van der Waals surface area contributed by atoms with E-state index in [0.717, 1.165) is 31.8 Å².